The van der Waals surface area contributed by atoms with Crippen molar-refractivity contribution in [2.75, 3.05) is 0 Å². The zero-order chi connectivity index (χ0) is 18.8. The van der Waals surface area contributed by atoms with Crippen molar-refractivity contribution >= 4 is 11.8 Å². The Morgan fingerprint density at radius 3 is 2.41 bits per heavy atom. The van der Waals surface area contributed by atoms with E-state index in [1.165, 1.54) is 17.3 Å². The molecule has 0 bridgehead atoms. The van der Waals surface area contributed by atoms with E-state index in [2.05, 4.69) is 39.4 Å². The van der Waals surface area contributed by atoms with Crippen molar-refractivity contribution in [1.82, 2.24) is 24.9 Å². The molecule has 0 atom stereocenters. The number of hydrogen-bond donors (Lipinski definition) is 0. The molecular formula is C20H19N5OS. The van der Waals surface area contributed by atoms with Gasteiger partial charge in [0.2, 0.25) is 11.7 Å². The Labute approximate surface area is 161 Å². The summed E-state index contributed by atoms with van der Waals surface area (Å²) in [5.41, 5.74) is 4.36. The van der Waals surface area contributed by atoms with Gasteiger partial charge in [0.05, 0.1) is 5.75 Å². The van der Waals surface area contributed by atoms with Gasteiger partial charge in [-0.2, -0.15) is 4.98 Å². The molecule has 0 N–H and O–H groups in total. The van der Waals surface area contributed by atoms with E-state index in [0.717, 1.165) is 27.7 Å². The smallest absolute Gasteiger partial charge is 0.237 e. The average molecular weight is 377 g/mol. The van der Waals surface area contributed by atoms with Gasteiger partial charge in [0, 0.05) is 18.2 Å². The van der Waals surface area contributed by atoms with Crippen LogP contribution in [0.5, 0.6) is 0 Å². The van der Waals surface area contributed by atoms with Crippen LogP contribution in [0.4, 0.5) is 0 Å². The van der Waals surface area contributed by atoms with Gasteiger partial charge in [0.25, 0.3) is 0 Å². The summed E-state index contributed by atoms with van der Waals surface area (Å²) in [6, 6.07) is 16.3. The van der Waals surface area contributed by atoms with Crippen molar-refractivity contribution in [2.45, 2.75) is 24.8 Å². The second kappa shape index (κ2) is 7.36. The van der Waals surface area contributed by atoms with Gasteiger partial charge in [0.1, 0.15) is 0 Å². The lowest BCUT2D eigenvalue weighted by atomic mass is 10.1. The fraction of sp³-hybridized carbons (Fsp3) is 0.200. The minimum atomic E-state index is 0.540. The van der Waals surface area contributed by atoms with Gasteiger partial charge in [-0.3, -0.25) is 0 Å². The quantitative estimate of drug-likeness (QED) is 0.479. The molecule has 0 spiro atoms. The monoisotopic (exact) mass is 377 g/mol. The standard InChI is InChI=1S/C20H19N5OS/c1-13-6-4-8-15(10-13)18-21-17(26-24-18)12-27-20-23-22-19(25(20)3)16-9-5-7-14(2)11-16/h4-11H,12H2,1-3H3. The molecule has 0 saturated heterocycles. The highest BCUT2D eigenvalue weighted by Crippen LogP contribution is 2.26. The number of aromatic nitrogens is 5. The minimum Gasteiger partial charge on any atom is -0.338 e. The lowest BCUT2D eigenvalue weighted by molar-refractivity contribution is 0.391. The first-order valence-electron chi connectivity index (χ1n) is 8.59. The summed E-state index contributed by atoms with van der Waals surface area (Å²) in [6.07, 6.45) is 0. The predicted molar refractivity (Wildman–Crippen MR) is 105 cm³/mol. The summed E-state index contributed by atoms with van der Waals surface area (Å²) in [4.78, 5) is 4.49. The van der Waals surface area contributed by atoms with Gasteiger partial charge in [0.15, 0.2) is 11.0 Å². The molecule has 136 valence electrons. The fourth-order valence-corrected chi connectivity index (χ4v) is 3.57. The van der Waals surface area contributed by atoms with Crippen molar-refractivity contribution in [3.05, 3.63) is 65.5 Å². The topological polar surface area (TPSA) is 69.6 Å². The van der Waals surface area contributed by atoms with E-state index in [1.54, 1.807) is 0 Å². The van der Waals surface area contributed by atoms with Crippen LogP contribution in [0.2, 0.25) is 0 Å². The van der Waals surface area contributed by atoms with Crippen molar-refractivity contribution in [1.29, 1.82) is 0 Å². The van der Waals surface area contributed by atoms with Crippen molar-refractivity contribution in [3.63, 3.8) is 0 Å². The molecule has 4 rings (SSSR count). The molecule has 27 heavy (non-hydrogen) atoms. The van der Waals surface area contributed by atoms with Crippen LogP contribution < -0.4 is 0 Å². The maximum atomic E-state index is 5.39. The van der Waals surface area contributed by atoms with Crippen LogP contribution in [0, 0.1) is 13.8 Å². The van der Waals surface area contributed by atoms with Crippen molar-refractivity contribution in [2.24, 2.45) is 7.05 Å². The van der Waals surface area contributed by atoms with Crippen molar-refractivity contribution in [3.8, 4) is 22.8 Å². The Bertz CT molecular complexity index is 1090. The second-order valence-electron chi connectivity index (χ2n) is 6.40. The molecule has 2 aromatic heterocycles. The first kappa shape index (κ1) is 17.5. The molecule has 7 heteroatoms. The van der Waals surface area contributed by atoms with Crippen LogP contribution in [-0.2, 0) is 12.8 Å². The number of nitrogens with zero attached hydrogens (tertiary/aromatic N) is 5. The summed E-state index contributed by atoms with van der Waals surface area (Å²) in [6.45, 7) is 4.11. The summed E-state index contributed by atoms with van der Waals surface area (Å²) >= 11 is 1.52. The highest BCUT2D eigenvalue weighted by atomic mass is 32.2. The molecule has 4 aromatic rings. The second-order valence-corrected chi connectivity index (χ2v) is 7.35. The lowest BCUT2D eigenvalue weighted by Crippen LogP contribution is -1.95. The summed E-state index contributed by atoms with van der Waals surface area (Å²) in [5.74, 6) is 2.55. The van der Waals surface area contributed by atoms with E-state index in [-0.39, 0.29) is 0 Å². The lowest BCUT2D eigenvalue weighted by Gasteiger charge is -2.03. The van der Waals surface area contributed by atoms with Crippen LogP contribution in [0.25, 0.3) is 22.8 Å². The first-order valence-corrected chi connectivity index (χ1v) is 9.57. The number of rotatable bonds is 5. The Morgan fingerprint density at radius 2 is 1.67 bits per heavy atom. The first-order chi connectivity index (χ1) is 13.1. The highest BCUT2D eigenvalue weighted by Gasteiger charge is 2.14. The molecule has 0 aliphatic carbocycles. The maximum Gasteiger partial charge on any atom is 0.237 e. The number of aryl methyl sites for hydroxylation is 2. The minimum absolute atomic E-state index is 0.540. The molecule has 0 saturated carbocycles. The van der Waals surface area contributed by atoms with E-state index in [0.29, 0.717) is 17.5 Å². The molecule has 0 fully saturated rings. The Kier molecular flexibility index (Phi) is 4.77. The van der Waals surface area contributed by atoms with Gasteiger partial charge in [-0.25, -0.2) is 0 Å². The Morgan fingerprint density at radius 1 is 0.963 bits per heavy atom. The Balaban J connectivity index is 1.48. The molecule has 0 radical (unpaired) electrons. The maximum absolute atomic E-state index is 5.39. The van der Waals surface area contributed by atoms with Crippen LogP contribution in [0.1, 0.15) is 17.0 Å². The third kappa shape index (κ3) is 3.78. The van der Waals surface area contributed by atoms with E-state index < -0.39 is 0 Å². The zero-order valence-corrected chi connectivity index (χ0v) is 16.2. The molecule has 6 nitrogen and oxygen atoms in total. The van der Waals surface area contributed by atoms with Gasteiger partial charge < -0.3 is 9.09 Å². The summed E-state index contributed by atoms with van der Waals surface area (Å²) < 4.78 is 7.37. The summed E-state index contributed by atoms with van der Waals surface area (Å²) in [7, 11) is 1.96. The van der Waals surface area contributed by atoms with Gasteiger partial charge in [-0.1, -0.05) is 64.4 Å². The van der Waals surface area contributed by atoms with Gasteiger partial charge in [-0.15, -0.1) is 10.2 Å². The molecule has 0 amide bonds. The van der Waals surface area contributed by atoms with E-state index in [9.17, 15) is 0 Å². The van der Waals surface area contributed by atoms with Crippen LogP contribution in [0.3, 0.4) is 0 Å². The molecular weight excluding hydrogens is 358 g/mol. The number of benzene rings is 2. The van der Waals surface area contributed by atoms with Crippen LogP contribution in [-0.4, -0.2) is 24.9 Å². The van der Waals surface area contributed by atoms with E-state index in [1.807, 2.05) is 54.9 Å². The largest absolute Gasteiger partial charge is 0.338 e. The third-order valence-corrected chi connectivity index (χ3v) is 5.19. The number of thioether (sulfide) groups is 1. The third-order valence-electron chi connectivity index (χ3n) is 4.18. The normalized spacial score (nSPS) is 11.1. The van der Waals surface area contributed by atoms with Crippen LogP contribution >= 0.6 is 11.8 Å². The molecule has 0 aliphatic heterocycles. The average Bonchev–Trinajstić information content (AvgIpc) is 3.27. The predicted octanol–water partition coefficient (Wildman–Crippen LogP) is 4.44. The van der Waals surface area contributed by atoms with Crippen molar-refractivity contribution < 1.29 is 4.52 Å². The van der Waals surface area contributed by atoms with E-state index >= 15 is 0 Å². The highest BCUT2D eigenvalue weighted by molar-refractivity contribution is 7.98. The molecule has 2 heterocycles. The molecule has 2 aromatic carbocycles. The fourth-order valence-electron chi connectivity index (χ4n) is 2.82. The Hall–Kier alpha value is -2.93. The summed E-state index contributed by atoms with van der Waals surface area (Å²) in [5, 5.41) is 13.5. The van der Waals surface area contributed by atoms with Gasteiger partial charge >= 0.3 is 0 Å². The van der Waals surface area contributed by atoms with Crippen LogP contribution in [0.15, 0.2) is 58.2 Å². The van der Waals surface area contributed by atoms with Gasteiger partial charge in [-0.05, 0) is 26.0 Å². The number of hydrogen-bond acceptors (Lipinski definition) is 6. The van der Waals surface area contributed by atoms with E-state index in [4.69, 9.17) is 4.52 Å². The molecule has 0 aliphatic rings. The molecule has 0 unspecified atom stereocenters. The zero-order valence-electron chi connectivity index (χ0n) is 15.4. The SMILES string of the molecule is Cc1cccc(-c2noc(CSc3nnc(-c4cccc(C)c4)n3C)n2)c1.